The predicted molar refractivity (Wildman–Crippen MR) is 123 cm³/mol. The number of hydrogen-bond donors (Lipinski definition) is 2. The number of carbonyl (C=O) groups excluding carboxylic acids is 2. The van der Waals surface area contributed by atoms with Gasteiger partial charge in [0.1, 0.15) is 30.0 Å². The SMILES string of the molecule is Cc1c(F)cc(-c2cc(C(F)(F)F)c3c(N)ncnn23)cc1C(=O)N[C@@H]1CN(C(=O)C2CC(F)C2)C[C@@H]1F. The van der Waals surface area contributed by atoms with E-state index < -0.39 is 59.1 Å². The molecule has 3 N–H and O–H groups in total. The largest absolute Gasteiger partial charge is 0.418 e. The summed E-state index contributed by atoms with van der Waals surface area (Å²) in [5, 5.41) is 6.27. The van der Waals surface area contributed by atoms with E-state index in [1.54, 1.807) is 0 Å². The fourth-order valence-electron chi connectivity index (χ4n) is 4.89. The second-order valence-corrected chi connectivity index (χ2v) is 9.58. The highest BCUT2D eigenvalue weighted by Crippen LogP contribution is 2.39. The van der Waals surface area contributed by atoms with Crippen LogP contribution in [0.1, 0.15) is 34.3 Å². The Balaban J connectivity index is 1.44. The van der Waals surface area contributed by atoms with Crippen LogP contribution in [0.5, 0.6) is 0 Å². The Morgan fingerprint density at radius 3 is 2.50 bits per heavy atom. The van der Waals surface area contributed by atoms with E-state index in [1.165, 1.54) is 17.9 Å². The van der Waals surface area contributed by atoms with Gasteiger partial charge in [0, 0.05) is 23.6 Å². The van der Waals surface area contributed by atoms with Gasteiger partial charge in [0.05, 0.1) is 23.8 Å². The zero-order chi connectivity index (χ0) is 27.5. The van der Waals surface area contributed by atoms with Gasteiger partial charge < -0.3 is 16.0 Å². The number of hydrogen-bond acceptors (Lipinski definition) is 5. The van der Waals surface area contributed by atoms with Gasteiger partial charge in [-0.05, 0) is 43.5 Å². The summed E-state index contributed by atoms with van der Waals surface area (Å²) in [7, 11) is 0. The summed E-state index contributed by atoms with van der Waals surface area (Å²) in [6.45, 7) is 0.879. The zero-order valence-corrected chi connectivity index (χ0v) is 19.9. The van der Waals surface area contributed by atoms with Crippen LogP contribution >= 0.6 is 0 Å². The van der Waals surface area contributed by atoms with Gasteiger partial charge >= 0.3 is 6.18 Å². The molecular weight excluding hydrogens is 518 g/mol. The number of nitrogens with one attached hydrogen (secondary N) is 1. The van der Waals surface area contributed by atoms with Gasteiger partial charge in [0.25, 0.3) is 5.91 Å². The van der Waals surface area contributed by atoms with E-state index in [9.17, 15) is 35.9 Å². The topological polar surface area (TPSA) is 106 Å². The van der Waals surface area contributed by atoms with Gasteiger partial charge in [-0.15, -0.1) is 0 Å². The number of nitrogens with two attached hydrogens (primary N) is 1. The Morgan fingerprint density at radius 1 is 1.13 bits per heavy atom. The number of rotatable bonds is 4. The van der Waals surface area contributed by atoms with Crippen LogP contribution in [-0.4, -0.2) is 62.8 Å². The number of nitrogen functional groups attached to an aromatic ring is 1. The molecule has 1 aliphatic carbocycles. The second kappa shape index (κ2) is 9.17. The molecular formula is C24H22F6N6O2. The molecule has 38 heavy (non-hydrogen) atoms. The standard InChI is InChI=1S/C24H22F6N6O2/c1-10-14(22(37)34-18-8-35(7-17(18)27)23(38)12-2-13(25)3-12)4-11(5-16(10)26)19-6-15(24(28,29)30)20-21(31)32-9-33-36(19)20/h4-6,9,12-13,17-18H,2-3,7-8H2,1H3,(H,34,37)(H2,31,32,33)/t12?,13?,17-,18+/m0/s1. The summed E-state index contributed by atoms with van der Waals surface area (Å²) in [6.07, 6.45) is -6.39. The van der Waals surface area contributed by atoms with E-state index in [-0.39, 0.29) is 54.2 Å². The first-order valence-electron chi connectivity index (χ1n) is 11.7. The van der Waals surface area contributed by atoms with E-state index in [1.807, 2.05) is 0 Å². The van der Waals surface area contributed by atoms with Crippen LogP contribution in [0.25, 0.3) is 16.8 Å². The summed E-state index contributed by atoms with van der Waals surface area (Å²) in [4.78, 5) is 30.4. The maximum atomic E-state index is 14.9. The van der Waals surface area contributed by atoms with E-state index in [0.717, 1.165) is 23.0 Å². The predicted octanol–water partition coefficient (Wildman–Crippen LogP) is 3.47. The summed E-state index contributed by atoms with van der Waals surface area (Å²) >= 11 is 0. The van der Waals surface area contributed by atoms with Crippen molar-refractivity contribution in [3.8, 4) is 11.3 Å². The zero-order valence-electron chi connectivity index (χ0n) is 19.9. The average Bonchev–Trinajstić information content (AvgIpc) is 3.40. The third-order valence-corrected chi connectivity index (χ3v) is 7.08. The molecule has 3 heterocycles. The van der Waals surface area contributed by atoms with Crippen molar-refractivity contribution in [2.75, 3.05) is 18.8 Å². The van der Waals surface area contributed by atoms with Gasteiger partial charge in [-0.25, -0.2) is 22.7 Å². The molecule has 2 aromatic heterocycles. The lowest BCUT2D eigenvalue weighted by atomic mass is 9.82. The minimum Gasteiger partial charge on any atom is -0.382 e. The molecule has 2 amide bonds. The van der Waals surface area contributed by atoms with Crippen LogP contribution in [0.2, 0.25) is 0 Å². The molecule has 8 nitrogen and oxygen atoms in total. The van der Waals surface area contributed by atoms with E-state index in [2.05, 4.69) is 15.4 Å². The van der Waals surface area contributed by atoms with Crippen molar-refractivity contribution in [1.29, 1.82) is 0 Å². The molecule has 5 rings (SSSR count). The molecule has 0 unspecified atom stereocenters. The van der Waals surface area contributed by atoms with Crippen molar-refractivity contribution >= 4 is 23.1 Å². The summed E-state index contributed by atoms with van der Waals surface area (Å²) in [5.74, 6) is -3.10. The quantitative estimate of drug-likeness (QED) is 0.493. The normalized spacial score (nSPS) is 23.5. The monoisotopic (exact) mass is 540 g/mol. The Bertz CT molecular complexity index is 1430. The van der Waals surface area contributed by atoms with Crippen LogP contribution in [0, 0.1) is 18.7 Å². The molecule has 0 bridgehead atoms. The summed E-state index contributed by atoms with van der Waals surface area (Å²) in [5.41, 5.74) is 3.36. The number of nitrogens with zero attached hydrogens (tertiary/aromatic N) is 4. The number of benzene rings is 1. The second-order valence-electron chi connectivity index (χ2n) is 9.58. The highest BCUT2D eigenvalue weighted by atomic mass is 19.4. The van der Waals surface area contributed by atoms with Gasteiger partial charge in [-0.2, -0.15) is 18.3 Å². The van der Waals surface area contributed by atoms with Gasteiger partial charge in [0.2, 0.25) is 5.91 Å². The Morgan fingerprint density at radius 2 is 1.84 bits per heavy atom. The lowest BCUT2D eigenvalue weighted by molar-refractivity contribution is -0.139. The van der Waals surface area contributed by atoms with Crippen molar-refractivity contribution in [2.24, 2.45) is 5.92 Å². The third-order valence-electron chi connectivity index (χ3n) is 7.08. The number of aromatic nitrogens is 3. The van der Waals surface area contributed by atoms with Crippen LogP contribution in [0.3, 0.4) is 0 Å². The molecule has 2 fully saturated rings. The maximum Gasteiger partial charge on any atom is 0.418 e. The van der Waals surface area contributed by atoms with E-state index in [4.69, 9.17) is 5.73 Å². The van der Waals surface area contributed by atoms with E-state index >= 15 is 0 Å². The summed E-state index contributed by atoms with van der Waals surface area (Å²) < 4.78 is 84.6. The number of amides is 2. The van der Waals surface area contributed by atoms with Crippen LogP contribution in [-0.2, 0) is 11.0 Å². The molecule has 3 aromatic rings. The van der Waals surface area contributed by atoms with Crippen molar-refractivity contribution in [1.82, 2.24) is 24.8 Å². The molecule has 2 aliphatic rings. The highest BCUT2D eigenvalue weighted by Gasteiger charge is 2.43. The number of likely N-dealkylation sites (tertiary alicyclic amines) is 1. The first-order chi connectivity index (χ1) is 17.8. The molecule has 1 saturated carbocycles. The molecule has 0 spiro atoms. The highest BCUT2D eigenvalue weighted by molar-refractivity contribution is 5.97. The molecule has 1 aliphatic heterocycles. The first-order valence-corrected chi connectivity index (χ1v) is 11.7. The van der Waals surface area contributed by atoms with E-state index in [0.29, 0.717) is 0 Å². The number of halogens is 6. The van der Waals surface area contributed by atoms with Gasteiger partial charge in [-0.1, -0.05) is 0 Å². The number of alkyl halides is 5. The Hall–Kier alpha value is -3.84. The molecule has 14 heteroatoms. The van der Waals surface area contributed by atoms with Crippen molar-refractivity contribution in [3.63, 3.8) is 0 Å². The summed E-state index contributed by atoms with van der Waals surface area (Å²) in [6, 6.07) is 1.76. The number of carbonyl (C=O) groups is 2. The molecule has 1 aromatic carbocycles. The molecule has 2 atom stereocenters. The van der Waals surface area contributed by atoms with Crippen molar-refractivity contribution in [2.45, 2.75) is 44.3 Å². The minimum absolute atomic E-state index is 0.0790. The van der Waals surface area contributed by atoms with Gasteiger partial charge in [0.15, 0.2) is 5.82 Å². The van der Waals surface area contributed by atoms with Crippen molar-refractivity contribution in [3.05, 3.63) is 47.0 Å². The lowest BCUT2D eigenvalue weighted by Gasteiger charge is -2.31. The number of anilines is 1. The van der Waals surface area contributed by atoms with Gasteiger partial charge in [-0.3, -0.25) is 9.59 Å². The maximum absolute atomic E-state index is 14.9. The van der Waals surface area contributed by atoms with Crippen LogP contribution in [0.4, 0.5) is 32.2 Å². The van der Waals surface area contributed by atoms with Crippen molar-refractivity contribution < 1.29 is 35.9 Å². The third kappa shape index (κ3) is 4.41. The lowest BCUT2D eigenvalue weighted by Crippen LogP contribution is -2.44. The molecule has 202 valence electrons. The fourth-order valence-corrected chi connectivity index (χ4v) is 4.89. The number of fused-ring (bicyclic) bond motifs is 1. The smallest absolute Gasteiger partial charge is 0.382 e. The molecule has 0 radical (unpaired) electrons. The average molecular weight is 540 g/mol. The minimum atomic E-state index is -4.82. The molecule has 1 saturated heterocycles. The Kier molecular flexibility index (Phi) is 6.22. The fraction of sp³-hybridized carbons (Fsp3) is 0.417. The van der Waals surface area contributed by atoms with Crippen LogP contribution < -0.4 is 11.1 Å². The van der Waals surface area contributed by atoms with Crippen LogP contribution in [0.15, 0.2) is 24.5 Å². The first kappa shape index (κ1) is 25.8. The Labute approximate surface area is 211 Å².